The molecule has 100 valence electrons. The van der Waals surface area contributed by atoms with Crippen LogP contribution in [0.3, 0.4) is 0 Å². The molecule has 18 heavy (non-hydrogen) atoms. The fourth-order valence-corrected chi connectivity index (χ4v) is 1.72. The third-order valence-electron chi connectivity index (χ3n) is 2.60. The Balaban J connectivity index is 2.94. The van der Waals surface area contributed by atoms with E-state index < -0.39 is 6.04 Å². The van der Waals surface area contributed by atoms with Gasteiger partial charge in [0.05, 0.1) is 17.2 Å². The van der Waals surface area contributed by atoms with Gasteiger partial charge in [-0.25, -0.2) is 0 Å². The van der Waals surface area contributed by atoms with E-state index in [9.17, 15) is 4.79 Å². The van der Waals surface area contributed by atoms with Crippen LogP contribution in [0.2, 0.25) is 5.02 Å². The van der Waals surface area contributed by atoms with E-state index in [4.69, 9.17) is 22.1 Å². The average Bonchev–Trinajstić information content (AvgIpc) is 2.29. The van der Waals surface area contributed by atoms with Crippen LogP contribution < -0.4 is 10.5 Å². The molecule has 0 bridgehead atoms. The van der Waals surface area contributed by atoms with E-state index in [0.29, 0.717) is 16.3 Å². The molecular weight excluding hydrogens is 250 g/mol. The predicted octanol–water partition coefficient (Wildman–Crippen LogP) is 3.29. The first-order valence-electron chi connectivity index (χ1n) is 6.09. The standard InChI is InChI=1S/C14H20ClNO2/c1-8(2)13(16)14(17)10-5-6-12(11(15)7-10)18-9(3)4/h5-9,13H,16H2,1-4H3. The molecule has 0 fully saturated rings. The predicted molar refractivity (Wildman–Crippen MR) is 74.4 cm³/mol. The molecule has 2 N–H and O–H groups in total. The number of rotatable bonds is 5. The first kappa shape index (κ1) is 15.0. The summed E-state index contributed by atoms with van der Waals surface area (Å²) in [6.07, 6.45) is 0.0435. The van der Waals surface area contributed by atoms with E-state index >= 15 is 0 Å². The number of ketones is 1. The lowest BCUT2D eigenvalue weighted by Gasteiger charge is -2.16. The smallest absolute Gasteiger partial charge is 0.179 e. The van der Waals surface area contributed by atoms with Gasteiger partial charge in [0.25, 0.3) is 0 Å². The average molecular weight is 270 g/mol. The SMILES string of the molecule is CC(C)Oc1ccc(C(=O)C(N)C(C)C)cc1Cl. The molecule has 0 aromatic heterocycles. The number of ether oxygens (including phenoxy) is 1. The van der Waals surface area contributed by atoms with Crippen LogP contribution in [0.1, 0.15) is 38.1 Å². The van der Waals surface area contributed by atoms with Gasteiger partial charge in [-0.2, -0.15) is 0 Å². The van der Waals surface area contributed by atoms with Crippen molar-refractivity contribution >= 4 is 17.4 Å². The molecule has 0 amide bonds. The molecule has 1 aromatic carbocycles. The summed E-state index contributed by atoms with van der Waals surface area (Å²) in [7, 11) is 0. The zero-order valence-electron chi connectivity index (χ0n) is 11.2. The van der Waals surface area contributed by atoms with Gasteiger partial charge in [0.15, 0.2) is 5.78 Å². The maximum atomic E-state index is 12.0. The highest BCUT2D eigenvalue weighted by molar-refractivity contribution is 6.32. The van der Waals surface area contributed by atoms with Crippen LogP contribution in [-0.4, -0.2) is 17.9 Å². The van der Waals surface area contributed by atoms with Crippen molar-refractivity contribution in [1.29, 1.82) is 0 Å². The molecule has 0 saturated heterocycles. The van der Waals surface area contributed by atoms with Gasteiger partial charge in [-0.15, -0.1) is 0 Å². The minimum atomic E-state index is -0.502. The minimum absolute atomic E-state index is 0.0435. The maximum Gasteiger partial charge on any atom is 0.179 e. The summed E-state index contributed by atoms with van der Waals surface area (Å²) < 4.78 is 5.51. The number of halogens is 1. The molecule has 1 aromatic rings. The number of carbonyl (C=O) groups is 1. The molecule has 1 unspecified atom stereocenters. The number of hydrogen-bond acceptors (Lipinski definition) is 3. The minimum Gasteiger partial charge on any atom is -0.489 e. The Morgan fingerprint density at radius 3 is 2.33 bits per heavy atom. The molecule has 1 atom stereocenters. The quantitative estimate of drug-likeness (QED) is 0.835. The Morgan fingerprint density at radius 1 is 1.28 bits per heavy atom. The molecule has 0 aliphatic rings. The number of benzene rings is 1. The van der Waals surface area contributed by atoms with Gasteiger partial charge in [0, 0.05) is 5.56 Å². The lowest BCUT2D eigenvalue weighted by Crippen LogP contribution is -2.35. The zero-order chi connectivity index (χ0) is 13.9. The third-order valence-corrected chi connectivity index (χ3v) is 2.90. The summed E-state index contributed by atoms with van der Waals surface area (Å²) in [5.41, 5.74) is 6.36. The Morgan fingerprint density at radius 2 is 1.89 bits per heavy atom. The first-order chi connectivity index (χ1) is 8.32. The molecule has 0 heterocycles. The highest BCUT2D eigenvalue weighted by atomic mass is 35.5. The van der Waals surface area contributed by atoms with Gasteiger partial charge in [-0.05, 0) is 38.0 Å². The van der Waals surface area contributed by atoms with E-state index in [0.717, 1.165) is 0 Å². The van der Waals surface area contributed by atoms with Crippen molar-refractivity contribution in [3.63, 3.8) is 0 Å². The molecular formula is C14H20ClNO2. The van der Waals surface area contributed by atoms with Gasteiger partial charge in [0.1, 0.15) is 5.75 Å². The van der Waals surface area contributed by atoms with Crippen LogP contribution in [0.25, 0.3) is 0 Å². The molecule has 0 spiro atoms. The van der Waals surface area contributed by atoms with Gasteiger partial charge in [-0.1, -0.05) is 25.4 Å². The molecule has 3 nitrogen and oxygen atoms in total. The Bertz CT molecular complexity index is 430. The van der Waals surface area contributed by atoms with Crippen molar-refractivity contribution in [2.24, 2.45) is 11.7 Å². The van der Waals surface area contributed by atoms with Crippen LogP contribution >= 0.6 is 11.6 Å². The van der Waals surface area contributed by atoms with Crippen LogP contribution in [0.5, 0.6) is 5.75 Å². The van der Waals surface area contributed by atoms with Gasteiger partial charge in [-0.3, -0.25) is 4.79 Å². The highest BCUT2D eigenvalue weighted by Gasteiger charge is 2.20. The van der Waals surface area contributed by atoms with Gasteiger partial charge in [0.2, 0.25) is 0 Å². The van der Waals surface area contributed by atoms with Crippen molar-refractivity contribution in [3.8, 4) is 5.75 Å². The van der Waals surface area contributed by atoms with Gasteiger partial charge < -0.3 is 10.5 Å². The summed E-state index contributed by atoms with van der Waals surface area (Å²) >= 11 is 6.08. The van der Waals surface area contributed by atoms with E-state index in [1.54, 1.807) is 18.2 Å². The maximum absolute atomic E-state index is 12.0. The van der Waals surface area contributed by atoms with Crippen LogP contribution in [0.15, 0.2) is 18.2 Å². The van der Waals surface area contributed by atoms with Crippen molar-refractivity contribution in [2.75, 3.05) is 0 Å². The topological polar surface area (TPSA) is 52.3 Å². The fourth-order valence-electron chi connectivity index (χ4n) is 1.50. The molecule has 0 aliphatic heterocycles. The highest BCUT2D eigenvalue weighted by Crippen LogP contribution is 2.27. The van der Waals surface area contributed by atoms with Gasteiger partial charge >= 0.3 is 0 Å². The first-order valence-corrected chi connectivity index (χ1v) is 6.46. The second-order valence-electron chi connectivity index (χ2n) is 4.95. The lowest BCUT2D eigenvalue weighted by atomic mass is 9.96. The Kier molecular flexibility index (Phi) is 5.17. The van der Waals surface area contributed by atoms with E-state index in [2.05, 4.69) is 0 Å². The van der Waals surface area contributed by atoms with Crippen molar-refractivity contribution in [3.05, 3.63) is 28.8 Å². The van der Waals surface area contributed by atoms with E-state index in [-0.39, 0.29) is 17.8 Å². The summed E-state index contributed by atoms with van der Waals surface area (Å²) in [6.45, 7) is 7.68. The van der Waals surface area contributed by atoms with Crippen LogP contribution in [0, 0.1) is 5.92 Å². The summed E-state index contributed by atoms with van der Waals surface area (Å²) in [5.74, 6) is 0.590. The second-order valence-corrected chi connectivity index (χ2v) is 5.35. The Hall–Kier alpha value is -1.06. The van der Waals surface area contributed by atoms with E-state index in [1.165, 1.54) is 0 Å². The summed E-state index contributed by atoms with van der Waals surface area (Å²) in [4.78, 5) is 12.0. The van der Waals surface area contributed by atoms with Crippen LogP contribution in [0.4, 0.5) is 0 Å². The van der Waals surface area contributed by atoms with Crippen LogP contribution in [-0.2, 0) is 0 Å². The van der Waals surface area contributed by atoms with Crippen molar-refractivity contribution < 1.29 is 9.53 Å². The third kappa shape index (κ3) is 3.72. The van der Waals surface area contributed by atoms with E-state index in [1.807, 2.05) is 27.7 Å². The summed E-state index contributed by atoms with van der Waals surface area (Å²) in [5, 5.41) is 0.436. The van der Waals surface area contributed by atoms with Crippen molar-refractivity contribution in [1.82, 2.24) is 0 Å². The number of hydrogen-bond donors (Lipinski definition) is 1. The molecule has 4 heteroatoms. The lowest BCUT2D eigenvalue weighted by molar-refractivity contribution is 0.0940. The molecule has 0 saturated carbocycles. The second kappa shape index (κ2) is 6.21. The molecule has 0 radical (unpaired) electrons. The number of nitrogens with two attached hydrogens (primary N) is 1. The monoisotopic (exact) mass is 269 g/mol. The Labute approximate surface area is 113 Å². The zero-order valence-corrected chi connectivity index (χ0v) is 12.0. The largest absolute Gasteiger partial charge is 0.489 e. The number of carbonyl (C=O) groups excluding carboxylic acids is 1. The van der Waals surface area contributed by atoms with Crippen molar-refractivity contribution in [2.45, 2.75) is 39.8 Å². The molecule has 1 rings (SSSR count). The fraction of sp³-hybridized carbons (Fsp3) is 0.500. The summed E-state index contributed by atoms with van der Waals surface area (Å²) in [6, 6.07) is 4.53. The molecule has 0 aliphatic carbocycles. The number of Topliss-reactive ketones (excluding diaryl/α,β-unsaturated/α-hetero) is 1. The normalized spacial score (nSPS) is 12.9.